The zero-order valence-corrected chi connectivity index (χ0v) is 14.5. The summed E-state index contributed by atoms with van der Waals surface area (Å²) in [5.41, 5.74) is 0.410. The third kappa shape index (κ3) is 3.18. The van der Waals surface area contributed by atoms with Crippen LogP contribution in [0, 0.1) is 0 Å². The third-order valence-electron chi connectivity index (χ3n) is 3.78. The highest BCUT2D eigenvalue weighted by Crippen LogP contribution is 2.40. The number of thioether (sulfide) groups is 1. The van der Waals surface area contributed by atoms with E-state index in [0.29, 0.717) is 11.7 Å². The molecule has 1 saturated carbocycles. The van der Waals surface area contributed by atoms with Gasteiger partial charge in [0.2, 0.25) is 0 Å². The summed E-state index contributed by atoms with van der Waals surface area (Å²) < 4.78 is 2.98. The van der Waals surface area contributed by atoms with Gasteiger partial charge in [-0.3, -0.25) is 9.78 Å². The van der Waals surface area contributed by atoms with Gasteiger partial charge in [0.05, 0.1) is 10.9 Å². The molecule has 1 atom stereocenters. The molecule has 1 N–H and O–H groups in total. The van der Waals surface area contributed by atoms with Crippen LogP contribution in [0.1, 0.15) is 35.2 Å². The average molecular weight is 392 g/mol. The SMILES string of the molecule is O=C(NC1C=C(c2nncn2C2CC2)SC1)c1cc(Br)ccn1. The van der Waals surface area contributed by atoms with E-state index in [9.17, 15) is 4.79 Å². The van der Waals surface area contributed by atoms with Crippen molar-refractivity contribution in [1.82, 2.24) is 25.1 Å². The second-order valence-corrected chi connectivity index (χ2v) is 7.55. The zero-order chi connectivity index (χ0) is 15.8. The molecular weight excluding hydrogens is 378 g/mol. The number of pyridine rings is 1. The second kappa shape index (κ2) is 6.09. The van der Waals surface area contributed by atoms with E-state index < -0.39 is 0 Å². The Morgan fingerprint density at radius 2 is 2.30 bits per heavy atom. The lowest BCUT2D eigenvalue weighted by Crippen LogP contribution is -2.34. The number of rotatable bonds is 4. The number of nitrogens with one attached hydrogen (secondary N) is 1. The number of carbonyl (C=O) groups excluding carboxylic acids is 1. The Kier molecular flexibility index (Phi) is 3.94. The van der Waals surface area contributed by atoms with E-state index in [1.165, 1.54) is 12.8 Å². The van der Waals surface area contributed by atoms with Gasteiger partial charge in [-0.15, -0.1) is 22.0 Å². The van der Waals surface area contributed by atoms with Gasteiger partial charge < -0.3 is 9.88 Å². The molecule has 23 heavy (non-hydrogen) atoms. The first-order chi connectivity index (χ1) is 11.2. The molecule has 0 bridgehead atoms. The lowest BCUT2D eigenvalue weighted by atomic mass is 10.2. The van der Waals surface area contributed by atoms with E-state index in [0.717, 1.165) is 21.0 Å². The summed E-state index contributed by atoms with van der Waals surface area (Å²) in [6.07, 6.45) is 7.85. The molecular formula is C15H14BrN5OS. The monoisotopic (exact) mass is 391 g/mol. The molecule has 0 spiro atoms. The van der Waals surface area contributed by atoms with Gasteiger partial charge in [0.1, 0.15) is 12.0 Å². The summed E-state index contributed by atoms with van der Waals surface area (Å²) in [7, 11) is 0. The number of aromatic nitrogens is 4. The lowest BCUT2D eigenvalue weighted by molar-refractivity contribution is 0.0942. The summed E-state index contributed by atoms with van der Waals surface area (Å²) in [4.78, 5) is 17.5. The van der Waals surface area contributed by atoms with Crippen molar-refractivity contribution in [2.45, 2.75) is 24.9 Å². The molecule has 1 unspecified atom stereocenters. The third-order valence-corrected chi connectivity index (χ3v) is 5.42. The van der Waals surface area contributed by atoms with Crippen molar-refractivity contribution >= 4 is 38.5 Å². The molecule has 0 aromatic carbocycles. The smallest absolute Gasteiger partial charge is 0.270 e. The molecule has 0 saturated heterocycles. The molecule has 3 heterocycles. The van der Waals surface area contributed by atoms with Crippen LogP contribution in [-0.4, -0.2) is 37.5 Å². The van der Waals surface area contributed by atoms with E-state index in [1.54, 1.807) is 36.4 Å². The van der Waals surface area contributed by atoms with Crippen LogP contribution in [0.15, 0.2) is 35.2 Å². The number of carbonyl (C=O) groups is 1. The van der Waals surface area contributed by atoms with Crippen molar-refractivity contribution in [2.24, 2.45) is 0 Å². The van der Waals surface area contributed by atoms with Crippen LogP contribution in [0.2, 0.25) is 0 Å². The minimum atomic E-state index is -0.168. The normalized spacial score (nSPS) is 20.4. The Bertz CT molecular complexity index is 786. The standard InChI is InChI=1S/C15H14BrN5OS/c16-9-3-4-17-12(5-9)15(22)19-10-6-13(23-7-10)14-20-18-8-21(14)11-1-2-11/h3-6,8,10-11H,1-2,7H2,(H,19,22). The first-order valence-electron chi connectivity index (χ1n) is 7.37. The molecule has 6 nitrogen and oxygen atoms in total. The molecule has 0 radical (unpaired) electrons. The maximum absolute atomic E-state index is 12.3. The fraction of sp³-hybridized carbons (Fsp3) is 0.333. The predicted octanol–water partition coefficient (Wildman–Crippen LogP) is 2.66. The highest BCUT2D eigenvalue weighted by Gasteiger charge is 2.29. The minimum Gasteiger partial charge on any atom is -0.344 e. The largest absolute Gasteiger partial charge is 0.344 e. The molecule has 118 valence electrons. The second-order valence-electron chi connectivity index (χ2n) is 5.57. The first kappa shape index (κ1) is 14.9. The van der Waals surface area contributed by atoms with Crippen molar-refractivity contribution in [3.05, 3.63) is 46.7 Å². The minimum absolute atomic E-state index is 0.0207. The molecule has 2 aromatic heterocycles. The van der Waals surface area contributed by atoms with E-state index in [1.807, 2.05) is 0 Å². The van der Waals surface area contributed by atoms with Crippen molar-refractivity contribution in [3.63, 3.8) is 0 Å². The van der Waals surface area contributed by atoms with Gasteiger partial charge in [-0.05, 0) is 31.1 Å². The summed E-state index contributed by atoms with van der Waals surface area (Å²) >= 11 is 5.05. The number of nitrogens with zero attached hydrogens (tertiary/aromatic N) is 4. The first-order valence-corrected chi connectivity index (χ1v) is 9.15. The summed E-state index contributed by atoms with van der Waals surface area (Å²) in [5.74, 6) is 1.54. The quantitative estimate of drug-likeness (QED) is 0.866. The Morgan fingerprint density at radius 1 is 1.43 bits per heavy atom. The Balaban J connectivity index is 1.48. The molecule has 1 amide bonds. The maximum Gasteiger partial charge on any atom is 0.270 e. The van der Waals surface area contributed by atoms with Crippen LogP contribution >= 0.6 is 27.7 Å². The van der Waals surface area contributed by atoms with E-state index in [2.05, 4.69) is 47.1 Å². The fourth-order valence-electron chi connectivity index (χ4n) is 2.49. The average Bonchev–Trinajstić information content (AvgIpc) is 3.09. The fourth-order valence-corrected chi connectivity index (χ4v) is 3.90. The van der Waals surface area contributed by atoms with E-state index >= 15 is 0 Å². The highest BCUT2D eigenvalue weighted by molar-refractivity contribution is 9.10. The van der Waals surface area contributed by atoms with Gasteiger partial charge >= 0.3 is 0 Å². The van der Waals surface area contributed by atoms with Crippen LogP contribution in [0.4, 0.5) is 0 Å². The number of amides is 1. The lowest BCUT2D eigenvalue weighted by Gasteiger charge is -2.09. The molecule has 8 heteroatoms. The molecule has 4 rings (SSSR count). The van der Waals surface area contributed by atoms with Crippen molar-refractivity contribution in [1.29, 1.82) is 0 Å². The molecule has 1 fully saturated rings. The highest BCUT2D eigenvalue weighted by atomic mass is 79.9. The van der Waals surface area contributed by atoms with Gasteiger partial charge in [0.15, 0.2) is 5.82 Å². The van der Waals surface area contributed by atoms with Crippen LogP contribution in [-0.2, 0) is 0 Å². The van der Waals surface area contributed by atoms with Crippen LogP contribution in [0.5, 0.6) is 0 Å². The van der Waals surface area contributed by atoms with Gasteiger partial charge in [-0.2, -0.15) is 0 Å². The van der Waals surface area contributed by atoms with Crippen LogP contribution in [0.25, 0.3) is 4.91 Å². The molecule has 2 aliphatic rings. The summed E-state index contributed by atoms with van der Waals surface area (Å²) in [6.45, 7) is 0. The van der Waals surface area contributed by atoms with Gasteiger partial charge in [0, 0.05) is 22.5 Å². The van der Waals surface area contributed by atoms with Gasteiger partial charge in [-0.25, -0.2) is 0 Å². The van der Waals surface area contributed by atoms with E-state index in [-0.39, 0.29) is 11.9 Å². The maximum atomic E-state index is 12.3. The summed E-state index contributed by atoms with van der Waals surface area (Å²) in [6, 6.07) is 4.03. The zero-order valence-electron chi connectivity index (χ0n) is 12.1. The van der Waals surface area contributed by atoms with E-state index in [4.69, 9.17) is 0 Å². The Hall–Kier alpha value is -1.67. The Morgan fingerprint density at radius 3 is 3.09 bits per heavy atom. The molecule has 1 aliphatic heterocycles. The van der Waals surface area contributed by atoms with Crippen LogP contribution < -0.4 is 5.32 Å². The van der Waals surface area contributed by atoms with Gasteiger partial charge in [0.25, 0.3) is 5.91 Å². The Labute approximate surface area is 145 Å². The van der Waals surface area contributed by atoms with Crippen molar-refractivity contribution in [2.75, 3.05) is 5.75 Å². The topological polar surface area (TPSA) is 72.7 Å². The molecule has 2 aromatic rings. The van der Waals surface area contributed by atoms with Crippen LogP contribution in [0.3, 0.4) is 0 Å². The number of hydrogen-bond acceptors (Lipinski definition) is 5. The molecule has 1 aliphatic carbocycles. The van der Waals surface area contributed by atoms with Crippen molar-refractivity contribution < 1.29 is 4.79 Å². The predicted molar refractivity (Wildman–Crippen MR) is 91.9 cm³/mol. The summed E-state index contributed by atoms with van der Waals surface area (Å²) in [5, 5.41) is 11.3. The van der Waals surface area contributed by atoms with Gasteiger partial charge in [-0.1, -0.05) is 15.9 Å². The number of halogens is 1. The van der Waals surface area contributed by atoms with Crippen molar-refractivity contribution in [3.8, 4) is 0 Å². The number of hydrogen-bond donors (Lipinski definition) is 1.